The number of benzene rings is 2. The van der Waals surface area contributed by atoms with Crippen LogP contribution in [0.1, 0.15) is 32.6 Å². The van der Waals surface area contributed by atoms with Gasteiger partial charge in [0, 0.05) is 11.3 Å². The number of anilines is 1. The number of rotatable bonds is 2. The molecule has 0 aliphatic heterocycles. The van der Waals surface area contributed by atoms with Crippen LogP contribution in [-0.4, -0.2) is 11.0 Å². The Kier molecular flexibility index (Phi) is 4.93. The molecule has 2 aromatic carbocycles. The van der Waals surface area contributed by atoms with E-state index in [2.05, 4.69) is 17.6 Å². The van der Waals surface area contributed by atoms with Crippen LogP contribution in [-0.2, 0) is 0 Å². The van der Waals surface area contributed by atoms with Gasteiger partial charge in [0.05, 0.1) is 0 Å². The number of carbonyl (C=O) groups is 1. The second kappa shape index (κ2) is 6.71. The van der Waals surface area contributed by atoms with Gasteiger partial charge >= 0.3 is 0 Å². The average Bonchev–Trinajstić information content (AvgIpc) is 2.42. The summed E-state index contributed by atoms with van der Waals surface area (Å²) in [5.74, 6) is -0.196. The summed E-state index contributed by atoms with van der Waals surface area (Å²) in [7, 11) is 0. The Hall–Kier alpha value is -2.20. The number of thiocarbonyl (C=S) groups is 1. The van der Waals surface area contributed by atoms with Gasteiger partial charge in [-0.15, -0.1) is 0 Å². The monoisotopic (exact) mass is 312 g/mol. The van der Waals surface area contributed by atoms with E-state index in [9.17, 15) is 4.79 Å². The van der Waals surface area contributed by atoms with E-state index in [0.29, 0.717) is 10.7 Å². The molecule has 4 heteroatoms. The molecule has 0 aromatic heterocycles. The second-order valence-corrected chi connectivity index (χ2v) is 5.93. The molecule has 0 unspecified atom stereocenters. The van der Waals surface area contributed by atoms with Gasteiger partial charge in [0.2, 0.25) is 0 Å². The molecule has 0 atom stereocenters. The highest BCUT2D eigenvalue weighted by molar-refractivity contribution is 7.80. The Labute approximate surface area is 136 Å². The van der Waals surface area contributed by atoms with Crippen molar-refractivity contribution >= 4 is 28.9 Å². The maximum Gasteiger partial charge on any atom is 0.257 e. The molecule has 1 amide bonds. The maximum atomic E-state index is 12.3. The SMILES string of the molecule is Cc1ccc(C(=O)NC(=S)Nc2ccc(C)c(C)c2)c(C)c1. The van der Waals surface area contributed by atoms with Crippen molar-refractivity contribution in [3.05, 3.63) is 64.2 Å². The summed E-state index contributed by atoms with van der Waals surface area (Å²) in [5.41, 5.74) is 5.96. The summed E-state index contributed by atoms with van der Waals surface area (Å²) >= 11 is 5.21. The predicted molar refractivity (Wildman–Crippen MR) is 95.5 cm³/mol. The van der Waals surface area contributed by atoms with Crippen molar-refractivity contribution in [1.29, 1.82) is 0 Å². The number of aryl methyl sites for hydroxylation is 4. The highest BCUT2D eigenvalue weighted by atomic mass is 32.1. The van der Waals surface area contributed by atoms with Crippen LogP contribution in [0.4, 0.5) is 5.69 Å². The van der Waals surface area contributed by atoms with E-state index in [1.807, 2.05) is 57.2 Å². The summed E-state index contributed by atoms with van der Waals surface area (Å²) in [6.45, 7) is 8.01. The molecule has 0 aliphatic carbocycles. The molecule has 0 saturated heterocycles. The van der Waals surface area contributed by atoms with Crippen LogP contribution in [0.2, 0.25) is 0 Å². The van der Waals surface area contributed by atoms with Crippen molar-refractivity contribution in [1.82, 2.24) is 5.32 Å². The number of nitrogens with one attached hydrogen (secondary N) is 2. The molecule has 22 heavy (non-hydrogen) atoms. The van der Waals surface area contributed by atoms with E-state index in [1.165, 1.54) is 11.1 Å². The van der Waals surface area contributed by atoms with Gasteiger partial charge in [-0.25, -0.2) is 0 Å². The van der Waals surface area contributed by atoms with Crippen LogP contribution in [0.3, 0.4) is 0 Å². The van der Waals surface area contributed by atoms with Crippen LogP contribution in [0.15, 0.2) is 36.4 Å². The van der Waals surface area contributed by atoms with Gasteiger partial charge in [0.25, 0.3) is 5.91 Å². The second-order valence-electron chi connectivity index (χ2n) is 5.53. The minimum absolute atomic E-state index is 0.196. The standard InChI is InChI=1S/C18H20N2OS/c1-11-5-8-16(14(4)9-11)17(21)20-18(22)19-15-7-6-12(2)13(3)10-15/h5-10H,1-4H3,(H2,19,20,21,22). The molecule has 0 aliphatic rings. The number of carbonyl (C=O) groups excluding carboxylic acids is 1. The highest BCUT2D eigenvalue weighted by Gasteiger charge is 2.10. The maximum absolute atomic E-state index is 12.3. The lowest BCUT2D eigenvalue weighted by Crippen LogP contribution is -2.34. The number of hydrogen-bond acceptors (Lipinski definition) is 2. The summed E-state index contributed by atoms with van der Waals surface area (Å²) in [5, 5.41) is 6.06. The van der Waals surface area contributed by atoms with Crippen LogP contribution in [0.5, 0.6) is 0 Å². The van der Waals surface area contributed by atoms with E-state index in [4.69, 9.17) is 12.2 Å². The van der Waals surface area contributed by atoms with Gasteiger partial charge in [-0.2, -0.15) is 0 Å². The Balaban J connectivity index is 2.05. The molecule has 2 aromatic rings. The first-order valence-corrected chi connectivity index (χ1v) is 7.54. The zero-order chi connectivity index (χ0) is 16.3. The van der Waals surface area contributed by atoms with Gasteiger partial charge in [0.15, 0.2) is 5.11 Å². The molecule has 3 nitrogen and oxygen atoms in total. The van der Waals surface area contributed by atoms with E-state index < -0.39 is 0 Å². The van der Waals surface area contributed by atoms with E-state index in [1.54, 1.807) is 0 Å². The Bertz CT molecular complexity index is 738. The minimum Gasteiger partial charge on any atom is -0.332 e. The van der Waals surface area contributed by atoms with Crippen molar-refractivity contribution in [2.45, 2.75) is 27.7 Å². The quantitative estimate of drug-likeness (QED) is 0.822. The molecule has 0 radical (unpaired) electrons. The van der Waals surface area contributed by atoms with Crippen molar-refractivity contribution in [2.24, 2.45) is 0 Å². The highest BCUT2D eigenvalue weighted by Crippen LogP contribution is 2.14. The molecular weight excluding hydrogens is 292 g/mol. The van der Waals surface area contributed by atoms with Crippen molar-refractivity contribution in [3.63, 3.8) is 0 Å². The number of amides is 1. The molecule has 0 heterocycles. The van der Waals surface area contributed by atoms with Crippen LogP contribution < -0.4 is 10.6 Å². The van der Waals surface area contributed by atoms with Crippen LogP contribution in [0.25, 0.3) is 0 Å². The lowest BCUT2D eigenvalue weighted by atomic mass is 10.1. The first-order valence-electron chi connectivity index (χ1n) is 7.13. The van der Waals surface area contributed by atoms with Gasteiger partial charge in [-0.3, -0.25) is 10.1 Å². The zero-order valence-corrected chi connectivity index (χ0v) is 14.1. The Morgan fingerprint density at radius 2 is 1.64 bits per heavy atom. The van der Waals surface area contributed by atoms with E-state index in [0.717, 1.165) is 16.8 Å². The summed E-state index contributed by atoms with van der Waals surface area (Å²) in [4.78, 5) is 12.3. The summed E-state index contributed by atoms with van der Waals surface area (Å²) in [6, 6.07) is 11.7. The fourth-order valence-corrected chi connectivity index (χ4v) is 2.43. The first kappa shape index (κ1) is 16.2. The van der Waals surface area contributed by atoms with Gasteiger partial charge in [-0.05, 0) is 74.8 Å². The van der Waals surface area contributed by atoms with Gasteiger partial charge in [-0.1, -0.05) is 23.8 Å². The fourth-order valence-electron chi connectivity index (χ4n) is 2.22. The topological polar surface area (TPSA) is 41.1 Å². The molecule has 2 N–H and O–H groups in total. The van der Waals surface area contributed by atoms with Crippen molar-refractivity contribution in [3.8, 4) is 0 Å². The molecule has 0 spiro atoms. The Morgan fingerprint density at radius 1 is 0.909 bits per heavy atom. The minimum atomic E-state index is -0.196. The third-order valence-corrected chi connectivity index (χ3v) is 3.82. The normalized spacial score (nSPS) is 10.2. The first-order chi connectivity index (χ1) is 10.4. The molecule has 0 fully saturated rings. The van der Waals surface area contributed by atoms with E-state index in [-0.39, 0.29) is 5.91 Å². The third kappa shape index (κ3) is 3.92. The molecule has 114 valence electrons. The summed E-state index contributed by atoms with van der Waals surface area (Å²) in [6.07, 6.45) is 0. The lowest BCUT2D eigenvalue weighted by molar-refractivity contribution is 0.0977. The Morgan fingerprint density at radius 3 is 2.27 bits per heavy atom. The lowest BCUT2D eigenvalue weighted by Gasteiger charge is -2.12. The number of hydrogen-bond donors (Lipinski definition) is 2. The van der Waals surface area contributed by atoms with Crippen LogP contribution in [0, 0.1) is 27.7 Å². The smallest absolute Gasteiger partial charge is 0.257 e. The third-order valence-electron chi connectivity index (χ3n) is 3.62. The molecule has 0 saturated carbocycles. The molecular formula is C18H20N2OS. The molecule has 2 rings (SSSR count). The summed E-state index contributed by atoms with van der Waals surface area (Å²) < 4.78 is 0. The van der Waals surface area contributed by atoms with Gasteiger partial charge < -0.3 is 5.32 Å². The average molecular weight is 312 g/mol. The van der Waals surface area contributed by atoms with Crippen molar-refractivity contribution < 1.29 is 4.79 Å². The van der Waals surface area contributed by atoms with Crippen LogP contribution >= 0.6 is 12.2 Å². The van der Waals surface area contributed by atoms with Crippen molar-refractivity contribution in [2.75, 3.05) is 5.32 Å². The van der Waals surface area contributed by atoms with Gasteiger partial charge in [0.1, 0.15) is 0 Å². The zero-order valence-electron chi connectivity index (χ0n) is 13.3. The predicted octanol–water partition coefficient (Wildman–Crippen LogP) is 4.05. The largest absolute Gasteiger partial charge is 0.332 e. The van der Waals surface area contributed by atoms with E-state index >= 15 is 0 Å². The fraction of sp³-hybridized carbons (Fsp3) is 0.222. The molecule has 0 bridgehead atoms.